The number of amides is 1. The number of anilines is 1. The smallest absolute Gasteiger partial charge is 0.232 e. The van der Waals surface area contributed by atoms with Crippen molar-refractivity contribution in [2.75, 3.05) is 12.4 Å². The first kappa shape index (κ1) is 13.6. The van der Waals surface area contributed by atoms with Gasteiger partial charge >= 0.3 is 0 Å². The first-order chi connectivity index (χ1) is 10.1. The summed E-state index contributed by atoms with van der Waals surface area (Å²) in [6.45, 7) is 1.79. The van der Waals surface area contributed by atoms with E-state index in [0.29, 0.717) is 16.6 Å². The highest BCUT2D eigenvalue weighted by Crippen LogP contribution is 2.29. The van der Waals surface area contributed by atoms with E-state index in [0.717, 1.165) is 16.0 Å². The second-order valence-electron chi connectivity index (χ2n) is 4.51. The number of carbonyl (C=O) groups is 1. The van der Waals surface area contributed by atoms with Crippen LogP contribution in [0, 0.1) is 6.92 Å². The zero-order valence-corrected chi connectivity index (χ0v) is 12.4. The Morgan fingerprint density at radius 2 is 2.29 bits per heavy atom. The molecule has 6 nitrogen and oxygen atoms in total. The Morgan fingerprint density at radius 1 is 1.43 bits per heavy atom. The van der Waals surface area contributed by atoms with Gasteiger partial charge in [0.1, 0.15) is 11.5 Å². The molecule has 0 bridgehead atoms. The molecule has 21 heavy (non-hydrogen) atoms. The zero-order chi connectivity index (χ0) is 14.8. The molecule has 1 N–H and O–H groups in total. The molecule has 7 heteroatoms. The van der Waals surface area contributed by atoms with Crippen LogP contribution < -0.4 is 10.1 Å². The van der Waals surface area contributed by atoms with Gasteiger partial charge < -0.3 is 14.6 Å². The Bertz CT molecular complexity index is 794. The Kier molecular flexibility index (Phi) is 3.57. The Morgan fingerprint density at radius 3 is 3.00 bits per heavy atom. The lowest BCUT2D eigenvalue weighted by Crippen LogP contribution is -2.14. The fourth-order valence-electron chi connectivity index (χ4n) is 1.91. The molecule has 0 spiro atoms. The van der Waals surface area contributed by atoms with Crippen molar-refractivity contribution in [2.24, 2.45) is 0 Å². The average Bonchev–Trinajstić information content (AvgIpc) is 3.03. The molecule has 1 amide bonds. The predicted octanol–water partition coefficient (Wildman–Crippen LogP) is 2.78. The number of aryl methyl sites for hydroxylation is 1. The Hall–Kier alpha value is -2.41. The monoisotopic (exact) mass is 303 g/mol. The van der Waals surface area contributed by atoms with Crippen LogP contribution in [0.3, 0.4) is 0 Å². The number of nitrogens with zero attached hydrogens (tertiary/aromatic N) is 2. The maximum Gasteiger partial charge on any atom is 0.232 e. The molecule has 0 unspecified atom stereocenters. The molecule has 108 valence electrons. The molecular formula is C14H13N3O3S. The van der Waals surface area contributed by atoms with E-state index in [1.54, 1.807) is 20.1 Å². The molecule has 0 saturated carbocycles. The number of aromatic nitrogens is 2. The average molecular weight is 303 g/mol. The fourth-order valence-corrected chi connectivity index (χ4v) is 2.83. The number of fused-ring (bicyclic) bond motifs is 1. The number of hydrogen-bond donors (Lipinski definition) is 1. The van der Waals surface area contributed by atoms with Gasteiger partial charge in [0.25, 0.3) is 0 Å². The lowest BCUT2D eigenvalue weighted by molar-refractivity contribution is -0.115. The molecule has 3 rings (SSSR count). The molecule has 1 aromatic carbocycles. The topological polar surface area (TPSA) is 77.2 Å². The third-order valence-corrected chi connectivity index (χ3v) is 3.79. The normalized spacial score (nSPS) is 10.8. The summed E-state index contributed by atoms with van der Waals surface area (Å²) in [5.41, 5.74) is 1.43. The van der Waals surface area contributed by atoms with Crippen molar-refractivity contribution in [3.63, 3.8) is 0 Å². The Labute approximate surface area is 124 Å². The van der Waals surface area contributed by atoms with Gasteiger partial charge in [0, 0.05) is 6.07 Å². The highest BCUT2D eigenvalue weighted by molar-refractivity contribution is 7.22. The number of rotatable bonds is 4. The summed E-state index contributed by atoms with van der Waals surface area (Å²) in [5, 5.41) is 7.12. The summed E-state index contributed by atoms with van der Waals surface area (Å²) in [7, 11) is 1.62. The van der Waals surface area contributed by atoms with E-state index in [2.05, 4.69) is 15.5 Å². The van der Waals surface area contributed by atoms with Crippen LogP contribution in [0.15, 0.2) is 28.8 Å². The quantitative estimate of drug-likeness (QED) is 0.802. The number of hydrogen-bond acceptors (Lipinski definition) is 6. The minimum absolute atomic E-state index is 0.163. The van der Waals surface area contributed by atoms with Gasteiger partial charge in [-0.3, -0.25) is 4.79 Å². The van der Waals surface area contributed by atoms with Crippen molar-refractivity contribution in [1.29, 1.82) is 0 Å². The maximum atomic E-state index is 11.9. The van der Waals surface area contributed by atoms with Crippen molar-refractivity contribution in [1.82, 2.24) is 10.1 Å². The molecule has 2 heterocycles. The second kappa shape index (κ2) is 5.53. The lowest BCUT2D eigenvalue weighted by atomic mass is 10.3. The standard InChI is InChI=1S/C14H13N3O3S/c1-8-5-9(17-20-8)6-13(18)16-14-15-11-4-3-10(19-2)7-12(11)21-14/h3-5,7H,6H2,1-2H3,(H,15,16,18). The van der Waals surface area contributed by atoms with Crippen LogP contribution in [0.25, 0.3) is 10.2 Å². The van der Waals surface area contributed by atoms with Crippen molar-refractivity contribution in [3.8, 4) is 5.75 Å². The van der Waals surface area contributed by atoms with E-state index in [-0.39, 0.29) is 12.3 Å². The van der Waals surface area contributed by atoms with Crippen LogP contribution in [-0.2, 0) is 11.2 Å². The van der Waals surface area contributed by atoms with Crippen LogP contribution in [0.2, 0.25) is 0 Å². The van der Waals surface area contributed by atoms with Gasteiger partial charge in [0.2, 0.25) is 5.91 Å². The summed E-state index contributed by atoms with van der Waals surface area (Å²) in [4.78, 5) is 16.3. The summed E-state index contributed by atoms with van der Waals surface area (Å²) in [6, 6.07) is 7.33. The van der Waals surface area contributed by atoms with Crippen LogP contribution in [0.5, 0.6) is 5.75 Å². The van der Waals surface area contributed by atoms with Gasteiger partial charge in [-0.25, -0.2) is 4.98 Å². The zero-order valence-electron chi connectivity index (χ0n) is 11.5. The molecule has 0 atom stereocenters. The molecule has 0 saturated heterocycles. The number of nitrogens with one attached hydrogen (secondary N) is 1. The van der Waals surface area contributed by atoms with Crippen LogP contribution >= 0.6 is 11.3 Å². The Balaban J connectivity index is 1.73. The molecule has 0 radical (unpaired) electrons. The van der Waals surface area contributed by atoms with Crippen LogP contribution in [0.4, 0.5) is 5.13 Å². The molecular weight excluding hydrogens is 290 g/mol. The van der Waals surface area contributed by atoms with Crippen molar-refractivity contribution >= 4 is 32.6 Å². The van der Waals surface area contributed by atoms with E-state index in [4.69, 9.17) is 9.26 Å². The minimum Gasteiger partial charge on any atom is -0.497 e. The molecule has 3 aromatic rings. The first-order valence-electron chi connectivity index (χ1n) is 6.30. The first-order valence-corrected chi connectivity index (χ1v) is 7.12. The lowest BCUT2D eigenvalue weighted by Gasteiger charge is -1.97. The van der Waals surface area contributed by atoms with Crippen molar-refractivity contribution in [3.05, 3.63) is 35.7 Å². The van der Waals surface area contributed by atoms with E-state index in [1.807, 2.05) is 18.2 Å². The third kappa shape index (κ3) is 3.03. The van der Waals surface area contributed by atoms with E-state index >= 15 is 0 Å². The number of methoxy groups -OCH3 is 1. The third-order valence-electron chi connectivity index (χ3n) is 2.86. The van der Waals surface area contributed by atoms with Gasteiger partial charge in [-0.1, -0.05) is 16.5 Å². The SMILES string of the molecule is COc1ccc2nc(NC(=O)Cc3cc(C)on3)sc2c1. The molecule has 0 aliphatic heterocycles. The molecule has 2 aromatic heterocycles. The number of carbonyl (C=O) groups excluding carboxylic acids is 1. The highest BCUT2D eigenvalue weighted by Gasteiger charge is 2.11. The summed E-state index contributed by atoms with van der Waals surface area (Å²) in [5.74, 6) is 1.28. The van der Waals surface area contributed by atoms with Gasteiger partial charge in [-0.2, -0.15) is 0 Å². The largest absolute Gasteiger partial charge is 0.497 e. The van der Waals surface area contributed by atoms with Gasteiger partial charge in [0.05, 0.1) is 29.4 Å². The van der Waals surface area contributed by atoms with Gasteiger partial charge in [-0.15, -0.1) is 0 Å². The molecule has 0 fully saturated rings. The summed E-state index contributed by atoms with van der Waals surface area (Å²) < 4.78 is 11.1. The second-order valence-corrected chi connectivity index (χ2v) is 5.54. The van der Waals surface area contributed by atoms with E-state index in [1.165, 1.54) is 11.3 Å². The van der Waals surface area contributed by atoms with Gasteiger partial charge in [-0.05, 0) is 25.1 Å². The van der Waals surface area contributed by atoms with E-state index < -0.39 is 0 Å². The summed E-state index contributed by atoms with van der Waals surface area (Å²) in [6.07, 6.45) is 0.163. The number of ether oxygens (including phenoxy) is 1. The van der Waals surface area contributed by atoms with Crippen molar-refractivity contribution in [2.45, 2.75) is 13.3 Å². The van der Waals surface area contributed by atoms with Crippen LogP contribution in [-0.4, -0.2) is 23.2 Å². The number of thiazole rings is 1. The summed E-state index contributed by atoms with van der Waals surface area (Å²) >= 11 is 1.40. The van der Waals surface area contributed by atoms with Gasteiger partial charge in [0.15, 0.2) is 5.13 Å². The highest BCUT2D eigenvalue weighted by atomic mass is 32.1. The predicted molar refractivity (Wildman–Crippen MR) is 79.7 cm³/mol. The van der Waals surface area contributed by atoms with Crippen LogP contribution in [0.1, 0.15) is 11.5 Å². The maximum absolute atomic E-state index is 11.9. The number of benzene rings is 1. The van der Waals surface area contributed by atoms with Crippen molar-refractivity contribution < 1.29 is 14.1 Å². The molecule has 0 aliphatic rings. The molecule has 0 aliphatic carbocycles. The van der Waals surface area contributed by atoms with E-state index in [9.17, 15) is 4.79 Å². The minimum atomic E-state index is -0.172. The fraction of sp³-hybridized carbons (Fsp3) is 0.214.